The van der Waals surface area contributed by atoms with Crippen LogP contribution < -0.4 is 5.32 Å². The van der Waals surface area contributed by atoms with E-state index in [4.69, 9.17) is 16.3 Å². The third kappa shape index (κ3) is 3.80. The molecule has 1 unspecified atom stereocenters. The summed E-state index contributed by atoms with van der Waals surface area (Å²) in [5.74, 6) is -0.297. The maximum Gasteiger partial charge on any atom is 0.327 e. The number of ether oxygens (including phenoxy) is 1. The molecule has 0 aliphatic rings. The van der Waals surface area contributed by atoms with E-state index in [9.17, 15) is 4.79 Å². The fraction of sp³-hybridized carbons (Fsp3) is 0.214. The van der Waals surface area contributed by atoms with Crippen molar-refractivity contribution in [2.45, 2.75) is 12.6 Å². The highest BCUT2D eigenvalue weighted by molar-refractivity contribution is 7.10. The van der Waals surface area contributed by atoms with E-state index in [1.54, 1.807) is 11.3 Å². The van der Waals surface area contributed by atoms with Crippen molar-refractivity contribution >= 4 is 28.9 Å². The molecule has 0 fully saturated rings. The topological polar surface area (TPSA) is 38.3 Å². The number of carbonyl (C=O) groups is 1. The van der Waals surface area contributed by atoms with Crippen molar-refractivity contribution in [2.75, 3.05) is 7.11 Å². The molecule has 0 aliphatic heterocycles. The van der Waals surface area contributed by atoms with Gasteiger partial charge in [0, 0.05) is 16.8 Å². The summed E-state index contributed by atoms with van der Waals surface area (Å²) in [4.78, 5) is 12.9. The van der Waals surface area contributed by atoms with Crippen molar-refractivity contribution in [1.82, 2.24) is 5.32 Å². The monoisotopic (exact) mass is 295 g/mol. The average molecular weight is 296 g/mol. The molecule has 2 aromatic rings. The van der Waals surface area contributed by atoms with Crippen LogP contribution in [0.25, 0.3) is 0 Å². The number of nitrogens with one attached hydrogen (secondary N) is 1. The van der Waals surface area contributed by atoms with E-state index < -0.39 is 6.04 Å². The van der Waals surface area contributed by atoms with E-state index in [0.29, 0.717) is 6.54 Å². The zero-order valence-electron chi connectivity index (χ0n) is 10.4. The molecule has 3 nitrogen and oxygen atoms in total. The molecule has 0 radical (unpaired) electrons. The number of carbonyl (C=O) groups excluding carboxylic acids is 1. The number of methoxy groups -OCH3 is 1. The van der Waals surface area contributed by atoms with Crippen molar-refractivity contribution < 1.29 is 9.53 Å². The van der Waals surface area contributed by atoms with Crippen molar-refractivity contribution in [2.24, 2.45) is 0 Å². The Morgan fingerprint density at radius 2 is 2.16 bits per heavy atom. The predicted molar refractivity (Wildman–Crippen MR) is 77.4 cm³/mol. The van der Waals surface area contributed by atoms with Gasteiger partial charge >= 0.3 is 5.97 Å². The summed E-state index contributed by atoms with van der Waals surface area (Å²) < 4.78 is 4.84. The lowest BCUT2D eigenvalue weighted by molar-refractivity contribution is -0.143. The number of hydrogen-bond donors (Lipinski definition) is 1. The van der Waals surface area contributed by atoms with Gasteiger partial charge in [-0.1, -0.05) is 41.9 Å². The normalized spacial score (nSPS) is 12.1. The van der Waals surface area contributed by atoms with Gasteiger partial charge in [-0.2, -0.15) is 0 Å². The van der Waals surface area contributed by atoms with Crippen LogP contribution in [0, 0.1) is 0 Å². The SMILES string of the molecule is COC(=O)C(NCc1cc(Cl)cs1)c1ccccc1. The molecule has 1 aromatic heterocycles. The Morgan fingerprint density at radius 1 is 1.42 bits per heavy atom. The van der Waals surface area contributed by atoms with Gasteiger partial charge < -0.3 is 4.74 Å². The van der Waals surface area contributed by atoms with Gasteiger partial charge in [-0.05, 0) is 11.6 Å². The minimum Gasteiger partial charge on any atom is -0.468 e. The summed E-state index contributed by atoms with van der Waals surface area (Å²) in [5.41, 5.74) is 0.886. The van der Waals surface area contributed by atoms with Gasteiger partial charge in [-0.15, -0.1) is 11.3 Å². The van der Waals surface area contributed by atoms with Crippen LogP contribution in [-0.4, -0.2) is 13.1 Å². The fourth-order valence-corrected chi connectivity index (χ4v) is 2.77. The molecule has 5 heteroatoms. The van der Waals surface area contributed by atoms with Crippen LogP contribution in [0.3, 0.4) is 0 Å². The van der Waals surface area contributed by atoms with Crippen molar-refractivity contribution in [1.29, 1.82) is 0 Å². The number of halogens is 1. The zero-order chi connectivity index (χ0) is 13.7. The molecule has 0 aliphatic carbocycles. The molecular formula is C14H14ClNO2S. The van der Waals surface area contributed by atoms with Crippen molar-refractivity contribution in [3.63, 3.8) is 0 Å². The predicted octanol–water partition coefficient (Wildman–Crippen LogP) is 3.41. The molecule has 0 saturated heterocycles. The van der Waals surface area contributed by atoms with Gasteiger partial charge in [0.25, 0.3) is 0 Å². The Morgan fingerprint density at radius 3 is 2.74 bits per heavy atom. The molecule has 1 atom stereocenters. The lowest BCUT2D eigenvalue weighted by Gasteiger charge is -2.16. The molecule has 1 N–H and O–H groups in total. The van der Waals surface area contributed by atoms with Crippen molar-refractivity contribution in [3.8, 4) is 0 Å². The second-order valence-electron chi connectivity index (χ2n) is 3.98. The molecular weight excluding hydrogens is 282 g/mol. The van der Waals surface area contributed by atoms with Crippen LogP contribution in [0.5, 0.6) is 0 Å². The molecule has 0 saturated carbocycles. The smallest absolute Gasteiger partial charge is 0.327 e. The quantitative estimate of drug-likeness (QED) is 0.859. The Bertz CT molecular complexity index is 541. The van der Waals surface area contributed by atoms with E-state index in [0.717, 1.165) is 15.5 Å². The van der Waals surface area contributed by atoms with Crippen LogP contribution in [0.15, 0.2) is 41.8 Å². The molecule has 1 heterocycles. The zero-order valence-corrected chi connectivity index (χ0v) is 12.0. The molecule has 100 valence electrons. The maximum atomic E-state index is 11.8. The Kier molecular flexibility index (Phi) is 4.96. The van der Waals surface area contributed by atoms with Gasteiger partial charge in [0.2, 0.25) is 0 Å². The van der Waals surface area contributed by atoms with Gasteiger partial charge in [-0.3, -0.25) is 5.32 Å². The Balaban J connectivity index is 2.09. The minimum atomic E-state index is -0.466. The molecule has 19 heavy (non-hydrogen) atoms. The first kappa shape index (κ1) is 14.1. The summed E-state index contributed by atoms with van der Waals surface area (Å²) in [6, 6.07) is 10.9. The lowest BCUT2D eigenvalue weighted by Crippen LogP contribution is -2.29. The number of hydrogen-bond acceptors (Lipinski definition) is 4. The molecule has 1 aromatic carbocycles. The summed E-state index contributed by atoms with van der Waals surface area (Å²) in [7, 11) is 1.39. The Labute approximate surface area is 121 Å². The number of thiophene rings is 1. The third-order valence-corrected chi connectivity index (χ3v) is 3.96. The second-order valence-corrected chi connectivity index (χ2v) is 5.41. The first-order valence-electron chi connectivity index (χ1n) is 5.80. The Hall–Kier alpha value is -1.36. The highest BCUT2D eigenvalue weighted by atomic mass is 35.5. The van der Waals surface area contributed by atoms with Crippen LogP contribution in [0.2, 0.25) is 5.02 Å². The molecule has 0 spiro atoms. The maximum absolute atomic E-state index is 11.8. The van der Waals surface area contributed by atoms with E-state index in [1.165, 1.54) is 7.11 Å². The summed E-state index contributed by atoms with van der Waals surface area (Å²) in [6.07, 6.45) is 0. The average Bonchev–Trinajstić information content (AvgIpc) is 2.85. The van der Waals surface area contributed by atoms with Crippen LogP contribution in [0.4, 0.5) is 0 Å². The van der Waals surface area contributed by atoms with Crippen LogP contribution >= 0.6 is 22.9 Å². The molecule has 0 bridgehead atoms. The minimum absolute atomic E-state index is 0.297. The third-order valence-electron chi connectivity index (χ3n) is 2.67. The van der Waals surface area contributed by atoms with Crippen LogP contribution in [-0.2, 0) is 16.1 Å². The van der Waals surface area contributed by atoms with Crippen molar-refractivity contribution in [3.05, 3.63) is 57.2 Å². The van der Waals surface area contributed by atoms with Crippen LogP contribution in [0.1, 0.15) is 16.5 Å². The van der Waals surface area contributed by atoms with Gasteiger partial charge in [0.1, 0.15) is 6.04 Å². The first-order chi connectivity index (χ1) is 9.20. The van der Waals surface area contributed by atoms with E-state index in [-0.39, 0.29) is 5.97 Å². The lowest BCUT2D eigenvalue weighted by atomic mass is 10.1. The number of rotatable bonds is 5. The van der Waals surface area contributed by atoms with E-state index in [2.05, 4.69) is 5.32 Å². The summed E-state index contributed by atoms with van der Waals surface area (Å²) in [5, 5.41) is 5.78. The van der Waals surface area contributed by atoms with Gasteiger partial charge in [0.15, 0.2) is 0 Å². The van der Waals surface area contributed by atoms with Gasteiger partial charge in [-0.25, -0.2) is 4.79 Å². The number of benzene rings is 1. The first-order valence-corrected chi connectivity index (χ1v) is 7.05. The van der Waals surface area contributed by atoms with E-state index in [1.807, 2.05) is 41.8 Å². The summed E-state index contributed by atoms with van der Waals surface area (Å²) in [6.45, 7) is 0.575. The molecule has 0 amide bonds. The van der Waals surface area contributed by atoms with E-state index >= 15 is 0 Å². The highest BCUT2D eigenvalue weighted by Crippen LogP contribution is 2.21. The standard InChI is InChI=1S/C14H14ClNO2S/c1-18-14(17)13(10-5-3-2-4-6-10)16-8-12-7-11(15)9-19-12/h2-7,9,13,16H,8H2,1H3. The fourth-order valence-electron chi connectivity index (χ4n) is 1.75. The molecule has 2 rings (SSSR count). The highest BCUT2D eigenvalue weighted by Gasteiger charge is 2.20. The summed E-state index contributed by atoms with van der Waals surface area (Å²) >= 11 is 7.43. The number of esters is 1. The largest absolute Gasteiger partial charge is 0.468 e. The second kappa shape index (κ2) is 6.70. The van der Waals surface area contributed by atoms with Gasteiger partial charge in [0.05, 0.1) is 12.1 Å².